The second kappa shape index (κ2) is 7.34. The number of carboxylic acids is 1. The molecule has 1 saturated heterocycles. The summed E-state index contributed by atoms with van der Waals surface area (Å²) in [6, 6.07) is 1.00. The van der Waals surface area contributed by atoms with Crippen molar-refractivity contribution in [2.45, 2.75) is 49.5 Å². The number of carboxylic acid groups (broad SMARTS) is 1. The van der Waals surface area contributed by atoms with Gasteiger partial charge in [-0.15, -0.1) is 11.3 Å². The fourth-order valence-electron chi connectivity index (χ4n) is 2.98. The lowest BCUT2D eigenvalue weighted by molar-refractivity contribution is -0.192. The Morgan fingerprint density at radius 3 is 2.29 bits per heavy atom. The average Bonchev–Trinajstić information content (AvgIpc) is 3.00. The third kappa shape index (κ3) is 4.65. The highest BCUT2D eigenvalue weighted by atomic mass is 32.1. The first-order chi connectivity index (χ1) is 11.1. The van der Waals surface area contributed by atoms with Crippen LogP contribution in [0.1, 0.15) is 30.6 Å². The number of alkyl halides is 3. The number of nitrogens with zero attached hydrogens (tertiary/aromatic N) is 2. The molecule has 1 aromatic heterocycles. The van der Waals surface area contributed by atoms with Crippen molar-refractivity contribution in [3.8, 4) is 0 Å². The van der Waals surface area contributed by atoms with Gasteiger partial charge < -0.3 is 15.9 Å². The van der Waals surface area contributed by atoms with Crippen molar-refractivity contribution in [2.75, 3.05) is 13.1 Å². The van der Waals surface area contributed by atoms with Crippen LogP contribution in [0.4, 0.5) is 13.2 Å². The molecule has 6 nitrogen and oxygen atoms in total. The van der Waals surface area contributed by atoms with Crippen LogP contribution in [-0.2, 0) is 10.4 Å². The standard InChI is InChI=1S/C12H19N3OS.C2HF3O2/c13-9-6-15(7-9)10-1-3-12(16,4-2-10)11-5-14-8-17-11;3-2(4,5)1(6)7/h5,8-10,16H,1-4,6-7,13H2;(H,6,7)/t10-,12-;. The molecule has 2 aliphatic rings. The van der Waals surface area contributed by atoms with Gasteiger partial charge in [0.15, 0.2) is 0 Å². The Morgan fingerprint density at radius 2 is 1.92 bits per heavy atom. The predicted molar refractivity (Wildman–Crippen MR) is 81.5 cm³/mol. The lowest BCUT2D eigenvalue weighted by Gasteiger charge is -2.46. The largest absolute Gasteiger partial charge is 0.490 e. The van der Waals surface area contributed by atoms with Crippen LogP contribution in [-0.4, -0.2) is 57.4 Å². The monoisotopic (exact) mass is 367 g/mol. The average molecular weight is 367 g/mol. The Morgan fingerprint density at radius 1 is 1.38 bits per heavy atom. The minimum absolute atomic E-state index is 0.373. The molecule has 0 atom stereocenters. The van der Waals surface area contributed by atoms with Gasteiger partial charge in [0.1, 0.15) is 5.60 Å². The highest BCUT2D eigenvalue weighted by Crippen LogP contribution is 2.40. The summed E-state index contributed by atoms with van der Waals surface area (Å²) < 4.78 is 31.7. The van der Waals surface area contributed by atoms with Gasteiger partial charge in [0.05, 0.1) is 10.4 Å². The maximum absolute atomic E-state index is 10.6. The molecule has 24 heavy (non-hydrogen) atoms. The molecule has 1 saturated carbocycles. The van der Waals surface area contributed by atoms with Crippen LogP contribution in [0.3, 0.4) is 0 Å². The number of aliphatic carboxylic acids is 1. The van der Waals surface area contributed by atoms with Gasteiger partial charge >= 0.3 is 12.1 Å². The van der Waals surface area contributed by atoms with Gasteiger partial charge in [0, 0.05) is 31.4 Å². The van der Waals surface area contributed by atoms with E-state index in [2.05, 4.69) is 9.88 Å². The molecule has 0 spiro atoms. The minimum atomic E-state index is -5.08. The lowest BCUT2D eigenvalue weighted by atomic mass is 9.80. The molecule has 0 amide bonds. The molecule has 3 rings (SSSR count). The molecule has 0 aromatic carbocycles. The van der Waals surface area contributed by atoms with E-state index in [0.717, 1.165) is 43.6 Å². The number of hydrogen-bond acceptors (Lipinski definition) is 6. The SMILES string of the molecule is NC1CN([C@H]2CC[C@@](O)(c3cncs3)CC2)C1.O=C(O)C(F)(F)F. The van der Waals surface area contributed by atoms with E-state index in [1.807, 2.05) is 6.20 Å². The van der Waals surface area contributed by atoms with Crippen LogP contribution in [0.5, 0.6) is 0 Å². The predicted octanol–water partition coefficient (Wildman–Crippen LogP) is 1.55. The minimum Gasteiger partial charge on any atom is -0.475 e. The molecule has 2 heterocycles. The number of halogens is 3. The van der Waals surface area contributed by atoms with Gasteiger partial charge in [-0.3, -0.25) is 9.88 Å². The molecule has 4 N–H and O–H groups in total. The molecule has 1 aliphatic heterocycles. The molecule has 136 valence electrons. The van der Waals surface area contributed by atoms with Crippen molar-refractivity contribution in [3.63, 3.8) is 0 Å². The van der Waals surface area contributed by atoms with E-state index in [4.69, 9.17) is 15.6 Å². The molecule has 0 bridgehead atoms. The quantitative estimate of drug-likeness (QED) is 0.733. The van der Waals surface area contributed by atoms with Crippen molar-refractivity contribution < 1.29 is 28.2 Å². The molecular formula is C14H20F3N3O3S. The van der Waals surface area contributed by atoms with Crippen LogP contribution < -0.4 is 5.73 Å². The molecular weight excluding hydrogens is 347 g/mol. The normalized spacial score (nSPS) is 28.6. The van der Waals surface area contributed by atoms with E-state index in [-0.39, 0.29) is 0 Å². The van der Waals surface area contributed by atoms with E-state index in [1.165, 1.54) is 0 Å². The zero-order valence-electron chi connectivity index (χ0n) is 12.9. The van der Waals surface area contributed by atoms with Crippen LogP contribution in [0.15, 0.2) is 11.7 Å². The van der Waals surface area contributed by atoms with Gasteiger partial charge in [0.2, 0.25) is 0 Å². The van der Waals surface area contributed by atoms with E-state index in [0.29, 0.717) is 12.1 Å². The van der Waals surface area contributed by atoms with Crippen molar-refractivity contribution in [3.05, 3.63) is 16.6 Å². The summed E-state index contributed by atoms with van der Waals surface area (Å²) in [5.74, 6) is -2.76. The number of aliphatic hydroxyl groups is 1. The van der Waals surface area contributed by atoms with Crippen molar-refractivity contribution in [1.82, 2.24) is 9.88 Å². The van der Waals surface area contributed by atoms with E-state index < -0.39 is 17.7 Å². The number of hydrogen-bond donors (Lipinski definition) is 3. The smallest absolute Gasteiger partial charge is 0.475 e. The Bertz CT molecular complexity index is 539. The van der Waals surface area contributed by atoms with Crippen molar-refractivity contribution in [2.24, 2.45) is 5.73 Å². The third-order valence-electron chi connectivity index (χ3n) is 4.37. The van der Waals surface area contributed by atoms with E-state index in [1.54, 1.807) is 16.8 Å². The molecule has 1 aliphatic carbocycles. The Hall–Kier alpha value is -1.23. The van der Waals surface area contributed by atoms with E-state index in [9.17, 15) is 18.3 Å². The van der Waals surface area contributed by atoms with Crippen LogP contribution >= 0.6 is 11.3 Å². The van der Waals surface area contributed by atoms with E-state index >= 15 is 0 Å². The number of likely N-dealkylation sites (tertiary alicyclic amines) is 1. The van der Waals surface area contributed by atoms with Gasteiger partial charge in [-0.2, -0.15) is 13.2 Å². The summed E-state index contributed by atoms with van der Waals surface area (Å²) in [7, 11) is 0. The van der Waals surface area contributed by atoms with Crippen molar-refractivity contribution >= 4 is 17.3 Å². The summed E-state index contributed by atoms with van der Waals surface area (Å²) in [5.41, 5.74) is 6.99. The fourth-order valence-corrected chi connectivity index (χ4v) is 3.76. The maximum atomic E-state index is 10.6. The van der Waals surface area contributed by atoms with Crippen LogP contribution in [0.25, 0.3) is 0 Å². The number of nitrogens with two attached hydrogens (primary N) is 1. The first-order valence-electron chi connectivity index (χ1n) is 7.53. The molecule has 0 radical (unpaired) electrons. The molecule has 10 heteroatoms. The number of aromatic nitrogens is 1. The summed E-state index contributed by atoms with van der Waals surface area (Å²) in [5, 5.41) is 17.7. The number of carbonyl (C=O) groups is 1. The summed E-state index contributed by atoms with van der Waals surface area (Å²) in [4.78, 5) is 16.4. The Labute approximate surface area is 141 Å². The van der Waals surface area contributed by atoms with Gasteiger partial charge in [-0.05, 0) is 25.7 Å². The highest BCUT2D eigenvalue weighted by molar-refractivity contribution is 7.09. The fraction of sp³-hybridized carbons (Fsp3) is 0.714. The van der Waals surface area contributed by atoms with Crippen LogP contribution in [0, 0.1) is 0 Å². The second-order valence-corrected chi connectivity index (χ2v) is 7.03. The van der Waals surface area contributed by atoms with Gasteiger partial charge in [0.25, 0.3) is 0 Å². The first kappa shape index (κ1) is 19.1. The molecule has 0 unspecified atom stereocenters. The highest BCUT2D eigenvalue weighted by Gasteiger charge is 2.40. The van der Waals surface area contributed by atoms with Gasteiger partial charge in [-0.25, -0.2) is 4.79 Å². The summed E-state index contributed by atoms with van der Waals surface area (Å²) >= 11 is 1.56. The summed E-state index contributed by atoms with van der Waals surface area (Å²) in [6.45, 7) is 2.06. The Balaban J connectivity index is 0.000000256. The number of rotatable bonds is 2. The zero-order chi connectivity index (χ0) is 18.0. The summed E-state index contributed by atoms with van der Waals surface area (Å²) in [6.07, 6.45) is 0.573. The maximum Gasteiger partial charge on any atom is 0.490 e. The molecule has 1 aromatic rings. The number of thiazole rings is 1. The second-order valence-electron chi connectivity index (χ2n) is 6.15. The van der Waals surface area contributed by atoms with Gasteiger partial charge in [-0.1, -0.05) is 0 Å². The third-order valence-corrected chi connectivity index (χ3v) is 5.34. The lowest BCUT2D eigenvalue weighted by Crippen LogP contribution is -2.60. The molecule has 2 fully saturated rings. The first-order valence-corrected chi connectivity index (χ1v) is 8.41. The topological polar surface area (TPSA) is 99.7 Å². The zero-order valence-corrected chi connectivity index (χ0v) is 13.7. The van der Waals surface area contributed by atoms with Crippen LogP contribution in [0.2, 0.25) is 0 Å². The Kier molecular flexibility index (Phi) is 5.84. The van der Waals surface area contributed by atoms with Crippen molar-refractivity contribution in [1.29, 1.82) is 0 Å².